The van der Waals surface area contributed by atoms with Crippen LogP contribution in [0, 0.1) is 0 Å². The second-order valence-electron chi connectivity index (χ2n) is 11.4. The summed E-state index contributed by atoms with van der Waals surface area (Å²) in [6, 6.07) is 0. The van der Waals surface area contributed by atoms with Crippen LogP contribution in [0.2, 0.25) is 0 Å². The Kier molecular flexibility index (Phi) is 45.1. The minimum atomic E-state index is 0.527. The van der Waals surface area contributed by atoms with Crippen LogP contribution >= 0.6 is 0 Å². The molecule has 0 saturated heterocycles. The Morgan fingerprint density at radius 1 is 0.213 bits per heavy atom. The topological polar surface area (TPSA) is 102 Å². The molecule has 284 valence electrons. The molecular formula is C36H74O11. The molecule has 0 aliphatic rings. The largest absolute Gasteiger partial charge is 0.382 e. The molecule has 0 aliphatic heterocycles. The van der Waals surface area contributed by atoms with Gasteiger partial charge in [0, 0.05) is 13.7 Å². The molecule has 0 aromatic heterocycles. The second kappa shape index (κ2) is 45.6. The van der Waals surface area contributed by atoms with Crippen molar-refractivity contribution >= 4 is 0 Å². The Balaban J connectivity index is 3.03. The van der Waals surface area contributed by atoms with Crippen LogP contribution in [0.25, 0.3) is 0 Å². The SMILES string of the molecule is CCCCCCCCCCCCCCCOCCOCCOCCOCCOCCOCCOCCOCCOCCOCCOC. The van der Waals surface area contributed by atoms with Gasteiger partial charge in [0.2, 0.25) is 0 Å². The van der Waals surface area contributed by atoms with Gasteiger partial charge in [0.05, 0.1) is 132 Å². The lowest BCUT2D eigenvalue weighted by Gasteiger charge is -2.09. The molecular weight excluding hydrogens is 608 g/mol. The van der Waals surface area contributed by atoms with E-state index in [0.29, 0.717) is 132 Å². The van der Waals surface area contributed by atoms with E-state index in [0.717, 1.165) is 13.0 Å². The molecule has 0 saturated carbocycles. The first-order valence-corrected chi connectivity index (χ1v) is 18.7. The van der Waals surface area contributed by atoms with E-state index in [-0.39, 0.29) is 0 Å². The van der Waals surface area contributed by atoms with Crippen LogP contribution < -0.4 is 0 Å². The summed E-state index contributed by atoms with van der Waals surface area (Å²) in [6.07, 6.45) is 17.8. The summed E-state index contributed by atoms with van der Waals surface area (Å²) in [5.74, 6) is 0. The first kappa shape index (κ1) is 46.6. The molecule has 0 spiro atoms. The lowest BCUT2D eigenvalue weighted by Crippen LogP contribution is -2.15. The van der Waals surface area contributed by atoms with Gasteiger partial charge in [-0.15, -0.1) is 0 Å². The molecule has 0 amide bonds. The first-order valence-electron chi connectivity index (χ1n) is 18.7. The van der Waals surface area contributed by atoms with Crippen molar-refractivity contribution in [2.75, 3.05) is 146 Å². The average molecular weight is 683 g/mol. The third-order valence-electron chi connectivity index (χ3n) is 7.17. The van der Waals surface area contributed by atoms with E-state index < -0.39 is 0 Å². The van der Waals surface area contributed by atoms with Crippen LogP contribution in [0.15, 0.2) is 0 Å². The zero-order chi connectivity index (χ0) is 33.8. The number of rotatable bonds is 44. The Morgan fingerprint density at radius 2 is 0.404 bits per heavy atom. The first-order chi connectivity index (χ1) is 23.4. The molecule has 0 fully saturated rings. The highest BCUT2D eigenvalue weighted by molar-refractivity contribution is 4.49. The fourth-order valence-corrected chi connectivity index (χ4v) is 4.45. The molecule has 0 aromatic rings. The highest BCUT2D eigenvalue weighted by atomic mass is 16.6. The Hall–Kier alpha value is -0.440. The van der Waals surface area contributed by atoms with Crippen LogP contribution in [-0.4, -0.2) is 146 Å². The number of methoxy groups -OCH3 is 1. The summed E-state index contributed by atoms with van der Waals surface area (Å²) >= 11 is 0. The van der Waals surface area contributed by atoms with Gasteiger partial charge >= 0.3 is 0 Å². The van der Waals surface area contributed by atoms with E-state index in [4.69, 9.17) is 52.1 Å². The molecule has 47 heavy (non-hydrogen) atoms. The third kappa shape index (κ3) is 45.6. The molecule has 0 radical (unpaired) electrons. The van der Waals surface area contributed by atoms with Gasteiger partial charge in [-0.2, -0.15) is 0 Å². The zero-order valence-corrected chi connectivity index (χ0v) is 30.5. The van der Waals surface area contributed by atoms with Crippen molar-refractivity contribution in [3.63, 3.8) is 0 Å². The summed E-state index contributed by atoms with van der Waals surface area (Å²) in [5.41, 5.74) is 0. The van der Waals surface area contributed by atoms with Crippen LogP contribution in [-0.2, 0) is 52.1 Å². The van der Waals surface area contributed by atoms with Crippen molar-refractivity contribution in [1.82, 2.24) is 0 Å². The van der Waals surface area contributed by atoms with Crippen LogP contribution in [0.3, 0.4) is 0 Å². The van der Waals surface area contributed by atoms with E-state index in [9.17, 15) is 0 Å². The number of hydrogen-bond donors (Lipinski definition) is 0. The van der Waals surface area contributed by atoms with Gasteiger partial charge < -0.3 is 52.1 Å². The predicted octanol–water partition coefficient (Wildman–Crippen LogP) is 5.89. The van der Waals surface area contributed by atoms with E-state index in [1.807, 2.05) is 0 Å². The summed E-state index contributed by atoms with van der Waals surface area (Å²) in [7, 11) is 1.65. The maximum absolute atomic E-state index is 5.67. The quantitative estimate of drug-likeness (QED) is 0.0720. The molecule has 0 rings (SSSR count). The average Bonchev–Trinajstić information content (AvgIpc) is 3.08. The van der Waals surface area contributed by atoms with Crippen molar-refractivity contribution in [2.24, 2.45) is 0 Å². The zero-order valence-electron chi connectivity index (χ0n) is 30.5. The fourth-order valence-electron chi connectivity index (χ4n) is 4.45. The lowest BCUT2D eigenvalue weighted by molar-refractivity contribution is -0.0271. The fraction of sp³-hybridized carbons (Fsp3) is 1.00. The summed E-state index contributed by atoms with van der Waals surface area (Å²) < 4.78 is 59.8. The van der Waals surface area contributed by atoms with Gasteiger partial charge in [-0.1, -0.05) is 84.0 Å². The van der Waals surface area contributed by atoms with Gasteiger partial charge in [0.1, 0.15) is 0 Å². The Labute approximate surface area is 288 Å². The molecule has 0 bridgehead atoms. The van der Waals surface area contributed by atoms with Gasteiger partial charge in [0.15, 0.2) is 0 Å². The molecule has 0 aromatic carbocycles. The second-order valence-corrected chi connectivity index (χ2v) is 11.4. The van der Waals surface area contributed by atoms with E-state index >= 15 is 0 Å². The monoisotopic (exact) mass is 683 g/mol. The van der Waals surface area contributed by atoms with Gasteiger partial charge in [0.25, 0.3) is 0 Å². The van der Waals surface area contributed by atoms with Gasteiger partial charge in [-0.25, -0.2) is 0 Å². The lowest BCUT2D eigenvalue weighted by atomic mass is 10.0. The smallest absolute Gasteiger partial charge is 0.0701 e. The molecule has 0 aliphatic carbocycles. The Bertz CT molecular complexity index is 487. The van der Waals surface area contributed by atoms with E-state index in [2.05, 4.69) is 6.92 Å². The molecule has 0 unspecified atom stereocenters. The van der Waals surface area contributed by atoms with Crippen molar-refractivity contribution < 1.29 is 52.1 Å². The molecule has 11 heteroatoms. The normalized spacial score (nSPS) is 11.6. The van der Waals surface area contributed by atoms with Crippen molar-refractivity contribution in [1.29, 1.82) is 0 Å². The predicted molar refractivity (Wildman–Crippen MR) is 186 cm³/mol. The molecule has 0 atom stereocenters. The summed E-state index contributed by atoms with van der Waals surface area (Å²) in [6.45, 7) is 14.2. The molecule has 11 nitrogen and oxygen atoms in total. The Morgan fingerprint density at radius 3 is 0.638 bits per heavy atom. The van der Waals surface area contributed by atoms with Gasteiger partial charge in [-0.3, -0.25) is 0 Å². The van der Waals surface area contributed by atoms with Crippen molar-refractivity contribution in [3.05, 3.63) is 0 Å². The van der Waals surface area contributed by atoms with Crippen molar-refractivity contribution in [3.8, 4) is 0 Å². The third-order valence-corrected chi connectivity index (χ3v) is 7.17. The molecule has 0 N–H and O–H groups in total. The minimum absolute atomic E-state index is 0.527. The number of hydrogen-bond acceptors (Lipinski definition) is 11. The summed E-state index contributed by atoms with van der Waals surface area (Å²) in [5, 5.41) is 0. The summed E-state index contributed by atoms with van der Waals surface area (Å²) in [4.78, 5) is 0. The van der Waals surface area contributed by atoms with Crippen LogP contribution in [0.1, 0.15) is 90.4 Å². The molecule has 0 heterocycles. The van der Waals surface area contributed by atoms with E-state index in [1.54, 1.807) is 7.11 Å². The van der Waals surface area contributed by atoms with Crippen molar-refractivity contribution in [2.45, 2.75) is 90.4 Å². The number of ether oxygens (including phenoxy) is 11. The van der Waals surface area contributed by atoms with Crippen LogP contribution in [0.5, 0.6) is 0 Å². The van der Waals surface area contributed by atoms with Gasteiger partial charge in [-0.05, 0) is 6.42 Å². The standard InChI is InChI=1S/C36H74O11/c1-3-4-5-6-7-8-9-10-11-12-13-14-15-16-38-19-20-40-23-24-42-27-28-44-31-32-46-35-36-47-34-33-45-30-29-43-26-25-41-22-21-39-18-17-37-2/h3-36H2,1-2H3. The maximum Gasteiger partial charge on any atom is 0.0701 e. The maximum atomic E-state index is 5.67. The number of unbranched alkanes of at least 4 members (excludes halogenated alkanes) is 12. The minimum Gasteiger partial charge on any atom is -0.382 e. The highest BCUT2D eigenvalue weighted by Gasteiger charge is 1.97. The van der Waals surface area contributed by atoms with E-state index in [1.165, 1.54) is 77.0 Å². The highest BCUT2D eigenvalue weighted by Crippen LogP contribution is 2.12. The van der Waals surface area contributed by atoms with Crippen LogP contribution in [0.4, 0.5) is 0 Å².